The molecule has 1 unspecified atom stereocenters. The number of phenols is 1. The van der Waals surface area contributed by atoms with Crippen LogP contribution in [-0.4, -0.2) is 36.2 Å². The predicted molar refractivity (Wildman–Crippen MR) is 75.1 cm³/mol. The molecular formula is C14H21ClN2O. The van der Waals surface area contributed by atoms with Crippen LogP contribution in [-0.2, 0) is 6.54 Å². The van der Waals surface area contributed by atoms with Crippen molar-refractivity contribution >= 4 is 11.6 Å². The monoisotopic (exact) mass is 268 g/mol. The van der Waals surface area contributed by atoms with Crippen molar-refractivity contribution in [1.82, 2.24) is 10.2 Å². The van der Waals surface area contributed by atoms with E-state index in [-0.39, 0.29) is 0 Å². The molecule has 1 aliphatic heterocycles. The number of nitrogens with one attached hydrogen (secondary N) is 1. The van der Waals surface area contributed by atoms with Gasteiger partial charge < -0.3 is 10.4 Å². The average Bonchev–Trinajstić information content (AvgIpc) is 2.36. The Morgan fingerprint density at radius 2 is 2.28 bits per heavy atom. The standard InChI is InChI=1S/C14H21ClN2O/c1-16-9-13-4-2-3-7-17(13)10-11-8-12(15)5-6-14(11)18/h5-6,8,13,16,18H,2-4,7,9-10H2,1H3. The first-order valence-corrected chi connectivity index (χ1v) is 6.94. The Morgan fingerprint density at radius 1 is 1.44 bits per heavy atom. The largest absolute Gasteiger partial charge is 0.508 e. The molecule has 1 fully saturated rings. The van der Waals surface area contributed by atoms with Crippen LogP contribution in [0.5, 0.6) is 5.75 Å². The molecule has 2 N–H and O–H groups in total. The van der Waals surface area contributed by atoms with Crippen molar-refractivity contribution in [2.45, 2.75) is 31.8 Å². The zero-order valence-electron chi connectivity index (χ0n) is 10.8. The fourth-order valence-corrected chi connectivity index (χ4v) is 2.83. The summed E-state index contributed by atoms with van der Waals surface area (Å²) in [6.07, 6.45) is 3.76. The van der Waals surface area contributed by atoms with Crippen molar-refractivity contribution < 1.29 is 5.11 Å². The summed E-state index contributed by atoms with van der Waals surface area (Å²) in [5.41, 5.74) is 0.922. The van der Waals surface area contributed by atoms with Crippen molar-refractivity contribution in [3.05, 3.63) is 28.8 Å². The third kappa shape index (κ3) is 3.37. The van der Waals surface area contributed by atoms with Crippen molar-refractivity contribution in [3.63, 3.8) is 0 Å². The molecule has 3 nitrogen and oxygen atoms in total. The van der Waals surface area contributed by atoms with Crippen LogP contribution in [0.4, 0.5) is 0 Å². The zero-order valence-corrected chi connectivity index (χ0v) is 11.6. The molecule has 4 heteroatoms. The second-order valence-electron chi connectivity index (χ2n) is 4.95. The summed E-state index contributed by atoms with van der Waals surface area (Å²) in [5.74, 6) is 0.341. The quantitative estimate of drug-likeness (QED) is 0.881. The summed E-state index contributed by atoms with van der Waals surface area (Å²) in [6, 6.07) is 5.82. The lowest BCUT2D eigenvalue weighted by Crippen LogP contribution is -2.44. The smallest absolute Gasteiger partial charge is 0.120 e. The lowest BCUT2D eigenvalue weighted by atomic mass is 10.0. The molecular weight excluding hydrogens is 248 g/mol. The van der Waals surface area contributed by atoms with Crippen LogP contribution in [0.1, 0.15) is 24.8 Å². The molecule has 18 heavy (non-hydrogen) atoms. The number of nitrogens with zero attached hydrogens (tertiary/aromatic N) is 1. The van der Waals surface area contributed by atoms with Crippen molar-refractivity contribution in [2.75, 3.05) is 20.1 Å². The fraction of sp³-hybridized carbons (Fsp3) is 0.571. The van der Waals surface area contributed by atoms with E-state index < -0.39 is 0 Å². The molecule has 1 heterocycles. The van der Waals surface area contributed by atoms with E-state index in [1.54, 1.807) is 12.1 Å². The van der Waals surface area contributed by atoms with Crippen LogP contribution in [0.2, 0.25) is 5.02 Å². The second kappa shape index (κ2) is 6.41. The van der Waals surface area contributed by atoms with Crippen LogP contribution in [0.25, 0.3) is 0 Å². The Labute approximate surface area is 114 Å². The van der Waals surface area contributed by atoms with Crippen molar-refractivity contribution in [2.24, 2.45) is 0 Å². The van der Waals surface area contributed by atoms with Gasteiger partial charge in [-0.15, -0.1) is 0 Å². The van der Waals surface area contributed by atoms with E-state index in [4.69, 9.17) is 11.6 Å². The molecule has 1 aromatic carbocycles. The summed E-state index contributed by atoms with van der Waals surface area (Å²) in [6.45, 7) is 2.87. The molecule has 0 amide bonds. The van der Waals surface area contributed by atoms with Gasteiger partial charge in [0, 0.05) is 29.7 Å². The molecule has 0 aliphatic carbocycles. The van der Waals surface area contributed by atoms with Gasteiger partial charge in [-0.1, -0.05) is 18.0 Å². The Hall–Kier alpha value is -0.770. The number of piperidine rings is 1. The SMILES string of the molecule is CNCC1CCCCN1Cc1cc(Cl)ccc1O. The zero-order chi connectivity index (χ0) is 13.0. The average molecular weight is 269 g/mol. The Bertz CT molecular complexity index is 395. The first kappa shape index (κ1) is 13.7. The van der Waals surface area contributed by atoms with E-state index in [0.717, 1.165) is 25.2 Å². The predicted octanol–water partition coefficient (Wildman–Crippen LogP) is 2.62. The summed E-state index contributed by atoms with van der Waals surface area (Å²) >= 11 is 5.99. The van der Waals surface area contributed by atoms with Crippen molar-refractivity contribution in [1.29, 1.82) is 0 Å². The van der Waals surface area contributed by atoms with E-state index in [9.17, 15) is 5.11 Å². The lowest BCUT2D eigenvalue weighted by molar-refractivity contribution is 0.138. The molecule has 1 atom stereocenters. The highest BCUT2D eigenvalue weighted by Crippen LogP contribution is 2.26. The minimum atomic E-state index is 0.341. The van der Waals surface area contributed by atoms with E-state index in [0.29, 0.717) is 16.8 Å². The maximum Gasteiger partial charge on any atom is 0.120 e. The van der Waals surface area contributed by atoms with Gasteiger partial charge in [-0.05, 0) is 44.6 Å². The van der Waals surface area contributed by atoms with Gasteiger partial charge in [-0.2, -0.15) is 0 Å². The Kier molecular flexibility index (Phi) is 4.87. The summed E-state index contributed by atoms with van der Waals surface area (Å²) in [7, 11) is 1.99. The molecule has 0 saturated carbocycles. The van der Waals surface area contributed by atoms with E-state index in [1.165, 1.54) is 19.3 Å². The minimum Gasteiger partial charge on any atom is -0.508 e. The molecule has 1 aromatic rings. The minimum absolute atomic E-state index is 0.341. The van der Waals surface area contributed by atoms with Gasteiger partial charge in [0.05, 0.1) is 0 Å². The number of benzene rings is 1. The van der Waals surface area contributed by atoms with Gasteiger partial charge in [0.15, 0.2) is 0 Å². The summed E-state index contributed by atoms with van der Waals surface area (Å²) < 4.78 is 0. The Morgan fingerprint density at radius 3 is 3.06 bits per heavy atom. The summed E-state index contributed by atoms with van der Waals surface area (Å²) in [4.78, 5) is 2.44. The molecule has 1 aliphatic rings. The number of hydrogen-bond acceptors (Lipinski definition) is 3. The number of hydrogen-bond donors (Lipinski definition) is 2. The maximum absolute atomic E-state index is 9.88. The maximum atomic E-state index is 9.88. The highest BCUT2D eigenvalue weighted by molar-refractivity contribution is 6.30. The molecule has 0 bridgehead atoms. The highest BCUT2D eigenvalue weighted by Gasteiger charge is 2.22. The summed E-state index contributed by atoms with van der Waals surface area (Å²) in [5, 5.41) is 13.8. The number of rotatable bonds is 4. The normalized spacial score (nSPS) is 21.1. The first-order valence-electron chi connectivity index (χ1n) is 6.56. The molecule has 0 aromatic heterocycles. The van der Waals surface area contributed by atoms with Crippen LogP contribution in [0.3, 0.4) is 0 Å². The number of aromatic hydroxyl groups is 1. The number of phenolic OH excluding ortho intramolecular Hbond substituents is 1. The lowest BCUT2D eigenvalue weighted by Gasteiger charge is -2.35. The molecule has 0 radical (unpaired) electrons. The Balaban J connectivity index is 2.08. The highest BCUT2D eigenvalue weighted by atomic mass is 35.5. The number of likely N-dealkylation sites (tertiary alicyclic amines) is 1. The second-order valence-corrected chi connectivity index (χ2v) is 5.39. The third-order valence-corrected chi connectivity index (χ3v) is 3.84. The van der Waals surface area contributed by atoms with Gasteiger partial charge in [-0.3, -0.25) is 4.90 Å². The number of halogens is 1. The molecule has 100 valence electrons. The van der Waals surface area contributed by atoms with Crippen LogP contribution in [0, 0.1) is 0 Å². The van der Waals surface area contributed by atoms with Gasteiger partial charge in [0.1, 0.15) is 5.75 Å². The van der Waals surface area contributed by atoms with E-state index in [2.05, 4.69) is 10.2 Å². The first-order chi connectivity index (χ1) is 8.70. The van der Waals surface area contributed by atoms with Gasteiger partial charge in [0.2, 0.25) is 0 Å². The fourth-order valence-electron chi connectivity index (χ4n) is 2.63. The topological polar surface area (TPSA) is 35.5 Å². The van der Waals surface area contributed by atoms with Crippen LogP contribution >= 0.6 is 11.6 Å². The number of likely N-dealkylation sites (N-methyl/N-ethyl adjacent to an activating group) is 1. The van der Waals surface area contributed by atoms with Crippen LogP contribution in [0.15, 0.2) is 18.2 Å². The molecule has 0 spiro atoms. The molecule has 2 rings (SSSR count). The van der Waals surface area contributed by atoms with Gasteiger partial charge >= 0.3 is 0 Å². The third-order valence-electron chi connectivity index (χ3n) is 3.60. The van der Waals surface area contributed by atoms with Gasteiger partial charge in [0.25, 0.3) is 0 Å². The van der Waals surface area contributed by atoms with Crippen molar-refractivity contribution in [3.8, 4) is 5.75 Å². The van der Waals surface area contributed by atoms with Crippen LogP contribution < -0.4 is 5.32 Å². The van der Waals surface area contributed by atoms with E-state index in [1.807, 2.05) is 13.1 Å². The van der Waals surface area contributed by atoms with Gasteiger partial charge in [-0.25, -0.2) is 0 Å². The van der Waals surface area contributed by atoms with E-state index >= 15 is 0 Å². The molecule has 1 saturated heterocycles.